The van der Waals surface area contributed by atoms with Crippen LogP contribution < -0.4 is 0 Å². The Balaban J connectivity index is 2.05. The molecule has 1 aromatic carbocycles. The third-order valence-corrected chi connectivity index (χ3v) is 4.50. The fourth-order valence-electron chi connectivity index (χ4n) is 2.20. The molecule has 0 heterocycles. The standard InChI is InChI=1S/C14H15Cl2NO3/c1-7(14(19)20)17(2)13(18)10-6-9(10)8-3-4-11(15)12(16)5-8/h3-5,7,9-10H,6H2,1-2H3,(H,19,20). The summed E-state index contributed by atoms with van der Waals surface area (Å²) in [5.74, 6) is -1.22. The summed E-state index contributed by atoms with van der Waals surface area (Å²) in [6, 6.07) is 4.51. The summed E-state index contributed by atoms with van der Waals surface area (Å²) in [4.78, 5) is 24.4. The van der Waals surface area contributed by atoms with Crippen molar-refractivity contribution in [2.75, 3.05) is 7.05 Å². The molecule has 0 radical (unpaired) electrons. The zero-order valence-electron chi connectivity index (χ0n) is 11.1. The highest BCUT2D eigenvalue weighted by Crippen LogP contribution is 2.49. The minimum Gasteiger partial charge on any atom is -0.480 e. The van der Waals surface area contributed by atoms with Crippen molar-refractivity contribution >= 4 is 35.1 Å². The van der Waals surface area contributed by atoms with Gasteiger partial charge in [0.2, 0.25) is 5.91 Å². The molecular weight excluding hydrogens is 301 g/mol. The summed E-state index contributed by atoms with van der Waals surface area (Å²) in [6.45, 7) is 1.50. The number of halogens is 2. The second-order valence-corrected chi connectivity index (χ2v) is 5.90. The molecule has 0 saturated heterocycles. The third-order valence-electron chi connectivity index (χ3n) is 3.77. The Hall–Kier alpha value is -1.26. The highest BCUT2D eigenvalue weighted by atomic mass is 35.5. The molecule has 4 nitrogen and oxygen atoms in total. The van der Waals surface area contributed by atoms with E-state index in [-0.39, 0.29) is 17.7 Å². The summed E-state index contributed by atoms with van der Waals surface area (Å²) in [5, 5.41) is 9.88. The molecule has 1 saturated carbocycles. The SMILES string of the molecule is CC(C(=O)O)N(C)C(=O)C1CC1c1ccc(Cl)c(Cl)c1. The molecule has 1 N–H and O–H groups in total. The molecular formula is C14H15Cl2NO3. The molecule has 3 unspecified atom stereocenters. The first-order chi connectivity index (χ1) is 9.32. The van der Waals surface area contributed by atoms with E-state index in [2.05, 4.69) is 0 Å². The quantitative estimate of drug-likeness (QED) is 0.929. The van der Waals surface area contributed by atoms with Crippen LogP contribution in [-0.2, 0) is 9.59 Å². The van der Waals surface area contributed by atoms with Crippen molar-refractivity contribution in [1.82, 2.24) is 4.90 Å². The van der Waals surface area contributed by atoms with Crippen LogP contribution in [0.15, 0.2) is 18.2 Å². The summed E-state index contributed by atoms with van der Waals surface area (Å²) in [6.07, 6.45) is 0.716. The van der Waals surface area contributed by atoms with E-state index < -0.39 is 12.0 Å². The van der Waals surface area contributed by atoms with Crippen LogP contribution in [0.1, 0.15) is 24.8 Å². The second-order valence-electron chi connectivity index (χ2n) is 5.09. The number of aliphatic carboxylic acids is 1. The number of benzene rings is 1. The minimum absolute atomic E-state index is 0.0979. The molecule has 108 valence electrons. The van der Waals surface area contributed by atoms with Gasteiger partial charge in [-0.3, -0.25) is 4.79 Å². The van der Waals surface area contributed by atoms with Crippen molar-refractivity contribution in [3.8, 4) is 0 Å². The largest absolute Gasteiger partial charge is 0.480 e. The van der Waals surface area contributed by atoms with Gasteiger partial charge in [-0.1, -0.05) is 29.3 Å². The predicted octanol–water partition coefficient (Wildman–Crippen LogP) is 3.03. The zero-order valence-corrected chi connectivity index (χ0v) is 12.6. The molecule has 20 heavy (non-hydrogen) atoms. The average Bonchev–Trinajstić information content (AvgIpc) is 3.19. The number of carbonyl (C=O) groups is 2. The van der Waals surface area contributed by atoms with E-state index in [9.17, 15) is 9.59 Å². The molecule has 6 heteroatoms. The number of carbonyl (C=O) groups excluding carboxylic acids is 1. The van der Waals surface area contributed by atoms with E-state index in [1.54, 1.807) is 12.1 Å². The molecule has 1 aliphatic rings. The fourth-order valence-corrected chi connectivity index (χ4v) is 2.50. The van der Waals surface area contributed by atoms with Crippen molar-refractivity contribution < 1.29 is 14.7 Å². The van der Waals surface area contributed by atoms with Crippen LogP contribution in [0.5, 0.6) is 0 Å². The van der Waals surface area contributed by atoms with Gasteiger partial charge in [0.25, 0.3) is 0 Å². The lowest BCUT2D eigenvalue weighted by Gasteiger charge is -2.21. The minimum atomic E-state index is -1.01. The predicted molar refractivity (Wildman–Crippen MR) is 77.2 cm³/mol. The third kappa shape index (κ3) is 2.91. The van der Waals surface area contributed by atoms with Crippen LogP contribution in [0.3, 0.4) is 0 Å². The van der Waals surface area contributed by atoms with E-state index in [1.807, 2.05) is 6.07 Å². The maximum atomic E-state index is 12.2. The highest BCUT2D eigenvalue weighted by Gasteiger charge is 2.46. The van der Waals surface area contributed by atoms with Crippen molar-refractivity contribution in [1.29, 1.82) is 0 Å². The Morgan fingerprint density at radius 3 is 2.55 bits per heavy atom. The smallest absolute Gasteiger partial charge is 0.326 e. The monoisotopic (exact) mass is 315 g/mol. The Labute approximate surface area is 127 Å². The maximum Gasteiger partial charge on any atom is 0.326 e. The van der Waals surface area contributed by atoms with Crippen LogP contribution >= 0.6 is 23.2 Å². The van der Waals surface area contributed by atoms with Gasteiger partial charge >= 0.3 is 5.97 Å². The van der Waals surface area contributed by atoms with Crippen molar-refractivity contribution in [3.63, 3.8) is 0 Å². The number of rotatable bonds is 4. The summed E-state index contributed by atoms with van der Waals surface area (Å²) >= 11 is 11.8. The van der Waals surface area contributed by atoms with E-state index in [4.69, 9.17) is 28.3 Å². The summed E-state index contributed by atoms with van der Waals surface area (Å²) < 4.78 is 0. The lowest BCUT2D eigenvalue weighted by atomic mass is 10.1. The van der Waals surface area contributed by atoms with Gasteiger partial charge in [0, 0.05) is 13.0 Å². The van der Waals surface area contributed by atoms with Crippen molar-refractivity contribution in [3.05, 3.63) is 33.8 Å². The number of amides is 1. The van der Waals surface area contributed by atoms with Gasteiger partial charge in [0.1, 0.15) is 6.04 Å². The second kappa shape index (κ2) is 5.62. The molecule has 3 atom stereocenters. The van der Waals surface area contributed by atoms with Crippen LogP contribution in [-0.4, -0.2) is 35.0 Å². The van der Waals surface area contributed by atoms with Gasteiger partial charge in [0.15, 0.2) is 0 Å². The molecule has 0 spiro atoms. The van der Waals surface area contributed by atoms with Crippen LogP contribution in [0.2, 0.25) is 10.0 Å². The van der Waals surface area contributed by atoms with Gasteiger partial charge in [0.05, 0.1) is 10.0 Å². The number of hydrogen-bond acceptors (Lipinski definition) is 2. The molecule has 1 amide bonds. The molecule has 0 aliphatic heterocycles. The molecule has 1 fully saturated rings. The normalized spacial score (nSPS) is 22.2. The van der Waals surface area contributed by atoms with E-state index in [0.29, 0.717) is 16.5 Å². The van der Waals surface area contributed by atoms with E-state index in [1.165, 1.54) is 18.9 Å². The lowest BCUT2D eigenvalue weighted by Crippen LogP contribution is -2.41. The average molecular weight is 316 g/mol. The Morgan fingerprint density at radius 1 is 1.35 bits per heavy atom. The zero-order chi connectivity index (χ0) is 15.0. The van der Waals surface area contributed by atoms with Gasteiger partial charge in [-0.2, -0.15) is 0 Å². The Morgan fingerprint density at radius 2 is 2.00 bits per heavy atom. The van der Waals surface area contributed by atoms with Gasteiger partial charge < -0.3 is 10.0 Å². The molecule has 0 aromatic heterocycles. The molecule has 1 aliphatic carbocycles. The Bertz CT molecular complexity index is 561. The highest BCUT2D eigenvalue weighted by molar-refractivity contribution is 6.42. The first kappa shape index (κ1) is 15.1. The first-order valence-corrected chi connectivity index (χ1v) is 7.03. The number of likely N-dealkylation sites (N-methyl/N-ethyl adjacent to an activating group) is 1. The molecule has 1 aromatic rings. The molecule has 2 rings (SSSR count). The number of hydrogen-bond donors (Lipinski definition) is 1. The fraction of sp³-hybridized carbons (Fsp3) is 0.429. The number of carboxylic acid groups (broad SMARTS) is 1. The van der Waals surface area contributed by atoms with Crippen LogP contribution in [0.4, 0.5) is 0 Å². The maximum absolute atomic E-state index is 12.2. The number of carboxylic acids is 1. The van der Waals surface area contributed by atoms with Gasteiger partial charge in [-0.15, -0.1) is 0 Å². The topological polar surface area (TPSA) is 57.6 Å². The van der Waals surface area contributed by atoms with Gasteiger partial charge in [-0.05, 0) is 37.0 Å². The summed E-state index contributed by atoms with van der Waals surface area (Å²) in [7, 11) is 1.52. The molecule has 0 bridgehead atoms. The summed E-state index contributed by atoms with van der Waals surface area (Å²) in [5.41, 5.74) is 0.967. The Kier molecular flexibility index (Phi) is 4.25. The van der Waals surface area contributed by atoms with Crippen LogP contribution in [0.25, 0.3) is 0 Å². The first-order valence-electron chi connectivity index (χ1n) is 6.27. The van der Waals surface area contributed by atoms with Crippen LogP contribution in [0, 0.1) is 5.92 Å². The lowest BCUT2D eigenvalue weighted by molar-refractivity contribution is -0.148. The van der Waals surface area contributed by atoms with Gasteiger partial charge in [-0.25, -0.2) is 4.79 Å². The van der Waals surface area contributed by atoms with E-state index >= 15 is 0 Å². The van der Waals surface area contributed by atoms with E-state index in [0.717, 1.165) is 5.56 Å². The van der Waals surface area contributed by atoms with Crippen molar-refractivity contribution in [2.45, 2.75) is 25.3 Å². The van der Waals surface area contributed by atoms with Crippen molar-refractivity contribution in [2.24, 2.45) is 5.92 Å². The number of nitrogens with zero attached hydrogens (tertiary/aromatic N) is 1.